The van der Waals surface area contributed by atoms with Gasteiger partial charge in [0.25, 0.3) is 0 Å². The first-order valence-corrected chi connectivity index (χ1v) is 6.34. The van der Waals surface area contributed by atoms with E-state index in [1.807, 2.05) is 24.3 Å². The van der Waals surface area contributed by atoms with Crippen molar-refractivity contribution in [2.24, 2.45) is 0 Å². The Morgan fingerprint density at radius 2 is 1.65 bits per heavy atom. The van der Waals surface area contributed by atoms with Gasteiger partial charge in [0.05, 0.1) is 20.1 Å². The zero-order chi connectivity index (χ0) is 14.4. The zero-order valence-electron chi connectivity index (χ0n) is 11.3. The number of hydrogen-bond donors (Lipinski definition) is 2. The highest BCUT2D eigenvalue weighted by Crippen LogP contribution is 2.13. The second-order valence-corrected chi connectivity index (χ2v) is 4.43. The molecule has 0 unspecified atom stereocenters. The molecule has 0 radical (unpaired) electrons. The number of amides is 1. The number of carbonyl (C=O) groups excluding carboxylic acids is 1. The Balaban J connectivity index is 1.93. The van der Waals surface area contributed by atoms with E-state index in [0.29, 0.717) is 6.42 Å². The van der Waals surface area contributed by atoms with Gasteiger partial charge in [-0.3, -0.25) is 4.79 Å². The van der Waals surface area contributed by atoms with Crippen molar-refractivity contribution < 1.29 is 14.6 Å². The van der Waals surface area contributed by atoms with Crippen molar-refractivity contribution in [2.45, 2.75) is 13.0 Å². The Bertz CT molecular complexity index is 510. The van der Waals surface area contributed by atoms with E-state index in [-0.39, 0.29) is 12.5 Å². The first-order chi connectivity index (χ1) is 9.71. The van der Waals surface area contributed by atoms with Crippen LogP contribution in [0.15, 0.2) is 48.5 Å². The molecule has 1 amide bonds. The van der Waals surface area contributed by atoms with Crippen molar-refractivity contribution in [1.29, 1.82) is 0 Å². The largest absolute Gasteiger partial charge is 0.497 e. The highest BCUT2D eigenvalue weighted by molar-refractivity contribution is 5.92. The van der Waals surface area contributed by atoms with Gasteiger partial charge in [0.2, 0.25) is 5.91 Å². The van der Waals surface area contributed by atoms with Crippen LogP contribution >= 0.6 is 0 Å². The summed E-state index contributed by atoms with van der Waals surface area (Å²) in [5, 5.41) is 11.8. The monoisotopic (exact) mass is 271 g/mol. The van der Waals surface area contributed by atoms with Crippen LogP contribution in [-0.4, -0.2) is 18.1 Å². The molecule has 0 heterocycles. The maximum atomic E-state index is 11.9. The Labute approximate surface area is 118 Å². The maximum absolute atomic E-state index is 11.9. The average molecular weight is 271 g/mol. The number of aliphatic hydroxyl groups excluding tert-OH is 1. The van der Waals surface area contributed by atoms with E-state index in [1.165, 1.54) is 0 Å². The quantitative estimate of drug-likeness (QED) is 0.877. The summed E-state index contributed by atoms with van der Waals surface area (Å²) in [6.07, 6.45) is 0.311. The molecule has 0 atom stereocenters. The van der Waals surface area contributed by atoms with Gasteiger partial charge in [0, 0.05) is 5.69 Å². The minimum atomic E-state index is -0.0769. The van der Waals surface area contributed by atoms with Gasteiger partial charge in [-0.2, -0.15) is 0 Å². The standard InChI is InChI=1S/C16H17NO3/c1-20-15-8-4-12(5-9-15)10-16(19)17-14-6-2-13(11-18)3-7-14/h2-9,18H,10-11H2,1H3,(H,17,19). The van der Waals surface area contributed by atoms with Crippen LogP contribution in [0.25, 0.3) is 0 Å². The molecule has 2 rings (SSSR count). The van der Waals surface area contributed by atoms with Crippen molar-refractivity contribution >= 4 is 11.6 Å². The molecule has 2 aromatic carbocycles. The smallest absolute Gasteiger partial charge is 0.228 e. The van der Waals surface area contributed by atoms with E-state index < -0.39 is 0 Å². The first-order valence-electron chi connectivity index (χ1n) is 6.34. The fourth-order valence-electron chi connectivity index (χ4n) is 1.83. The molecule has 4 heteroatoms. The summed E-state index contributed by atoms with van der Waals surface area (Å²) in [6, 6.07) is 14.5. The van der Waals surface area contributed by atoms with Crippen molar-refractivity contribution in [3.63, 3.8) is 0 Å². The van der Waals surface area contributed by atoms with E-state index >= 15 is 0 Å². The lowest BCUT2D eigenvalue weighted by atomic mass is 10.1. The predicted octanol–water partition coefficient (Wildman–Crippen LogP) is 2.37. The molecule has 0 saturated carbocycles. The van der Waals surface area contributed by atoms with Crippen LogP contribution in [0, 0.1) is 0 Å². The lowest BCUT2D eigenvalue weighted by molar-refractivity contribution is -0.115. The van der Waals surface area contributed by atoms with Crippen LogP contribution < -0.4 is 10.1 Å². The summed E-state index contributed by atoms with van der Waals surface area (Å²) in [7, 11) is 1.61. The molecule has 0 fully saturated rings. The maximum Gasteiger partial charge on any atom is 0.228 e. The molecular weight excluding hydrogens is 254 g/mol. The molecule has 20 heavy (non-hydrogen) atoms. The van der Waals surface area contributed by atoms with Crippen LogP contribution in [0.2, 0.25) is 0 Å². The van der Waals surface area contributed by atoms with Gasteiger partial charge in [0.1, 0.15) is 5.75 Å². The van der Waals surface area contributed by atoms with Crippen LogP contribution in [-0.2, 0) is 17.8 Å². The molecule has 0 aliphatic heterocycles. The van der Waals surface area contributed by atoms with E-state index in [0.717, 1.165) is 22.6 Å². The van der Waals surface area contributed by atoms with Crippen LogP contribution in [0.3, 0.4) is 0 Å². The predicted molar refractivity (Wildman–Crippen MR) is 77.7 cm³/mol. The summed E-state index contributed by atoms with van der Waals surface area (Å²) in [6.45, 7) is 0.0000741. The number of methoxy groups -OCH3 is 1. The van der Waals surface area contributed by atoms with Crippen LogP contribution in [0.1, 0.15) is 11.1 Å². The molecule has 0 spiro atoms. The van der Waals surface area contributed by atoms with Gasteiger partial charge in [-0.15, -0.1) is 0 Å². The first kappa shape index (κ1) is 14.1. The van der Waals surface area contributed by atoms with Gasteiger partial charge in [0.15, 0.2) is 0 Å². The summed E-state index contributed by atoms with van der Waals surface area (Å²) >= 11 is 0. The third-order valence-corrected chi connectivity index (χ3v) is 2.94. The minimum Gasteiger partial charge on any atom is -0.497 e. The topological polar surface area (TPSA) is 58.6 Å². The van der Waals surface area contributed by atoms with E-state index in [2.05, 4.69) is 5.32 Å². The van der Waals surface area contributed by atoms with Crippen molar-refractivity contribution in [3.8, 4) is 5.75 Å². The Morgan fingerprint density at radius 3 is 2.20 bits per heavy atom. The van der Waals surface area contributed by atoms with Gasteiger partial charge >= 0.3 is 0 Å². The molecule has 0 aliphatic rings. The fraction of sp³-hybridized carbons (Fsp3) is 0.188. The third-order valence-electron chi connectivity index (χ3n) is 2.94. The summed E-state index contributed by atoms with van der Waals surface area (Å²) in [5.74, 6) is 0.695. The molecular formula is C16H17NO3. The zero-order valence-corrected chi connectivity index (χ0v) is 11.3. The fourth-order valence-corrected chi connectivity index (χ4v) is 1.83. The van der Waals surface area contributed by atoms with Crippen molar-refractivity contribution in [3.05, 3.63) is 59.7 Å². The van der Waals surface area contributed by atoms with E-state index in [9.17, 15) is 4.79 Å². The molecule has 0 aromatic heterocycles. The normalized spacial score (nSPS) is 10.1. The van der Waals surface area contributed by atoms with Crippen molar-refractivity contribution in [1.82, 2.24) is 0 Å². The number of anilines is 1. The van der Waals surface area contributed by atoms with E-state index in [1.54, 1.807) is 31.4 Å². The third kappa shape index (κ3) is 3.83. The Hall–Kier alpha value is -2.33. The highest BCUT2D eigenvalue weighted by atomic mass is 16.5. The second-order valence-electron chi connectivity index (χ2n) is 4.43. The van der Waals surface area contributed by atoms with Gasteiger partial charge in [-0.25, -0.2) is 0 Å². The lowest BCUT2D eigenvalue weighted by Gasteiger charge is -2.06. The number of aliphatic hydroxyl groups is 1. The number of rotatable bonds is 5. The molecule has 0 aliphatic carbocycles. The Kier molecular flexibility index (Phi) is 4.74. The molecule has 0 saturated heterocycles. The number of ether oxygens (including phenoxy) is 1. The molecule has 2 N–H and O–H groups in total. The molecule has 0 bridgehead atoms. The van der Waals surface area contributed by atoms with Gasteiger partial charge in [-0.1, -0.05) is 24.3 Å². The summed E-state index contributed by atoms with van der Waals surface area (Å²) < 4.78 is 5.07. The Morgan fingerprint density at radius 1 is 1.05 bits per heavy atom. The minimum absolute atomic E-state index is 0.0000741. The van der Waals surface area contributed by atoms with Gasteiger partial charge < -0.3 is 15.2 Å². The highest BCUT2D eigenvalue weighted by Gasteiger charge is 2.04. The number of carbonyl (C=O) groups is 1. The molecule has 4 nitrogen and oxygen atoms in total. The van der Waals surface area contributed by atoms with Crippen LogP contribution in [0.5, 0.6) is 5.75 Å². The van der Waals surface area contributed by atoms with Crippen molar-refractivity contribution in [2.75, 3.05) is 12.4 Å². The van der Waals surface area contributed by atoms with Crippen LogP contribution in [0.4, 0.5) is 5.69 Å². The molecule has 2 aromatic rings. The number of hydrogen-bond acceptors (Lipinski definition) is 3. The SMILES string of the molecule is COc1ccc(CC(=O)Nc2ccc(CO)cc2)cc1. The summed E-state index contributed by atoms with van der Waals surface area (Å²) in [4.78, 5) is 11.9. The lowest BCUT2D eigenvalue weighted by Crippen LogP contribution is -2.14. The summed E-state index contributed by atoms with van der Waals surface area (Å²) in [5.41, 5.74) is 2.47. The van der Waals surface area contributed by atoms with Gasteiger partial charge in [-0.05, 0) is 35.4 Å². The number of benzene rings is 2. The second kappa shape index (κ2) is 6.73. The molecule has 104 valence electrons. The number of nitrogens with one attached hydrogen (secondary N) is 1. The van der Waals surface area contributed by atoms with E-state index in [4.69, 9.17) is 9.84 Å². The average Bonchev–Trinajstić information content (AvgIpc) is 2.49.